The third-order valence-corrected chi connectivity index (χ3v) is 8.79. The van der Waals surface area contributed by atoms with Crippen molar-refractivity contribution in [1.29, 1.82) is 0 Å². The number of aliphatic hydroxyl groups excluding tert-OH is 3. The van der Waals surface area contributed by atoms with Crippen molar-refractivity contribution in [3.8, 4) is 0 Å². The van der Waals surface area contributed by atoms with E-state index >= 15 is 0 Å². The molecule has 0 aromatic heterocycles. The minimum Gasteiger partial charge on any atom is -0.393 e. The number of rotatable bonds is 0. The van der Waals surface area contributed by atoms with Crippen LogP contribution >= 0.6 is 0 Å². The number of hydrogen-bond donors (Lipinski definition) is 4. The van der Waals surface area contributed by atoms with Crippen molar-refractivity contribution in [2.24, 2.45) is 28.6 Å². The van der Waals surface area contributed by atoms with Crippen molar-refractivity contribution in [3.63, 3.8) is 0 Å². The SMILES string of the molecule is C[C@]12CC[C@@]3(O)[C@@H](C[C@H](O)C4C[C@@H](O)CC[C@@]43C)[C@@H]1CC[C@@H]2O. The molecule has 23 heavy (non-hydrogen) atoms. The Morgan fingerprint density at radius 2 is 1.52 bits per heavy atom. The van der Waals surface area contributed by atoms with Crippen LogP contribution in [0.25, 0.3) is 0 Å². The predicted octanol–water partition coefficient (Wildman–Crippen LogP) is 1.84. The van der Waals surface area contributed by atoms with Gasteiger partial charge in [0.15, 0.2) is 0 Å². The summed E-state index contributed by atoms with van der Waals surface area (Å²) in [5.74, 6) is 0.364. The molecular weight excluding hydrogens is 292 g/mol. The van der Waals surface area contributed by atoms with E-state index in [0.717, 1.165) is 38.5 Å². The lowest BCUT2D eigenvalue weighted by molar-refractivity contribution is -0.266. The summed E-state index contributed by atoms with van der Waals surface area (Å²) in [6.07, 6.45) is 5.05. The van der Waals surface area contributed by atoms with E-state index in [-0.39, 0.29) is 34.9 Å². The van der Waals surface area contributed by atoms with Gasteiger partial charge in [0.05, 0.1) is 23.9 Å². The Balaban J connectivity index is 1.73. The largest absolute Gasteiger partial charge is 0.393 e. The molecule has 4 saturated carbocycles. The first-order valence-corrected chi connectivity index (χ1v) is 9.49. The van der Waals surface area contributed by atoms with Gasteiger partial charge in [0.25, 0.3) is 0 Å². The Labute approximate surface area is 138 Å². The monoisotopic (exact) mass is 324 g/mol. The Kier molecular flexibility index (Phi) is 3.50. The molecule has 1 unspecified atom stereocenters. The zero-order valence-electron chi connectivity index (χ0n) is 14.4. The van der Waals surface area contributed by atoms with E-state index in [1.54, 1.807) is 0 Å². The lowest BCUT2D eigenvalue weighted by atomic mass is 9.42. The zero-order valence-corrected chi connectivity index (χ0v) is 14.4. The molecule has 4 fully saturated rings. The molecule has 4 rings (SSSR count). The highest BCUT2D eigenvalue weighted by Crippen LogP contribution is 2.67. The second kappa shape index (κ2) is 4.94. The van der Waals surface area contributed by atoms with Crippen molar-refractivity contribution < 1.29 is 20.4 Å². The van der Waals surface area contributed by atoms with E-state index in [1.165, 1.54) is 0 Å². The molecule has 4 nitrogen and oxygen atoms in total. The molecule has 0 radical (unpaired) electrons. The van der Waals surface area contributed by atoms with Gasteiger partial charge in [-0.3, -0.25) is 0 Å². The maximum atomic E-state index is 11.8. The van der Waals surface area contributed by atoms with Crippen molar-refractivity contribution in [2.45, 2.75) is 89.1 Å². The lowest BCUT2D eigenvalue weighted by Crippen LogP contribution is -2.68. The summed E-state index contributed by atoms with van der Waals surface area (Å²) in [6.45, 7) is 4.33. The summed E-state index contributed by atoms with van der Waals surface area (Å²) < 4.78 is 0. The second-order valence-electron chi connectivity index (χ2n) is 9.49. The van der Waals surface area contributed by atoms with Crippen LogP contribution in [0, 0.1) is 28.6 Å². The first-order valence-electron chi connectivity index (χ1n) is 9.49. The van der Waals surface area contributed by atoms with Crippen LogP contribution in [-0.4, -0.2) is 44.3 Å². The molecular formula is C19H32O4. The van der Waals surface area contributed by atoms with Gasteiger partial charge >= 0.3 is 0 Å². The van der Waals surface area contributed by atoms with Crippen LogP contribution in [0.2, 0.25) is 0 Å². The summed E-state index contributed by atoms with van der Waals surface area (Å²) in [4.78, 5) is 0. The molecule has 0 saturated heterocycles. The van der Waals surface area contributed by atoms with Gasteiger partial charge in [0.2, 0.25) is 0 Å². The molecule has 0 aromatic carbocycles. The van der Waals surface area contributed by atoms with Crippen LogP contribution in [-0.2, 0) is 0 Å². The number of hydrogen-bond acceptors (Lipinski definition) is 4. The number of aliphatic hydroxyl groups is 4. The fraction of sp³-hybridized carbons (Fsp3) is 1.00. The highest BCUT2D eigenvalue weighted by atomic mass is 16.3. The minimum atomic E-state index is -0.759. The summed E-state index contributed by atoms with van der Waals surface area (Å²) >= 11 is 0. The molecule has 0 heterocycles. The van der Waals surface area contributed by atoms with Gasteiger partial charge in [-0.2, -0.15) is 0 Å². The van der Waals surface area contributed by atoms with Crippen LogP contribution in [0.4, 0.5) is 0 Å². The predicted molar refractivity (Wildman–Crippen MR) is 86.6 cm³/mol. The van der Waals surface area contributed by atoms with Gasteiger partial charge in [-0.05, 0) is 74.5 Å². The van der Waals surface area contributed by atoms with Crippen molar-refractivity contribution in [1.82, 2.24) is 0 Å². The maximum Gasteiger partial charge on any atom is 0.0736 e. The molecule has 0 aliphatic heterocycles. The molecule has 4 heteroatoms. The molecule has 4 N–H and O–H groups in total. The minimum absolute atomic E-state index is 0.0109. The van der Waals surface area contributed by atoms with Gasteiger partial charge in [0, 0.05) is 5.41 Å². The van der Waals surface area contributed by atoms with Crippen LogP contribution in [0.5, 0.6) is 0 Å². The molecule has 4 aliphatic rings. The van der Waals surface area contributed by atoms with E-state index in [9.17, 15) is 20.4 Å². The second-order valence-corrected chi connectivity index (χ2v) is 9.49. The van der Waals surface area contributed by atoms with Crippen molar-refractivity contribution in [2.75, 3.05) is 0 Å². The van der Waals surface area contributed by atoms with Crippen LogP contribution in [0.1, 0.15) is 65.2 Å². The topological polar surface area (TPSA) is 80.9 Å². The van der Waals surface area contributed by atoms with Crippen molar-refractivity contribution >= 4 is 0 Å². The lowest BCUT2D eigenvalue weighted by Gasteiger charge is -2.66. The van der Waals surface area contributed by atoms with Gasteiger partial charge in [-0.1, -0.05) is 13.8 Å². The van der Waals surface area contributed by atoms with Gasteiger partial charge in [0.1, 0.15) is 0 Å². The molecule has 0 aromatic rings. The molecule has 9 atom stereocenters. The Morgan fingerprint density at radius 1 is 0.783 bits per heavy atom. The average Bonchev–Trinajstić information content (AvgIpc) is 2.80. The average molecular weight is 324 g/mol. The maximum absolute atomic E-state index is 11.8. The third-order valence-electron chi connectivity index (χ3n) is 8.79. The first kappa shape index (κ1) is 16.3. The van der Waals surface area contributed by atoms with Gasteiger partial charge in [-0.25, -0.2) is 0 Å². The van der Waals surface area contributed by atoms with Crippen LogP contribution in [0.15, 0.2) is 0 Å². The Hall–Kier alpha value is -0.160. The van der Waals surface area contributed by atoms with E-state index in [0.29, 0.717) is 18.8 Å². The Morgan fingerprint density at radius 3 is 2.26 bits per heavy atom. The highest BCUT2D eigenvalue weighted by molar-refractivity contribution is 5.18. The highest BCUT2D eigenvalue weighted by Gasteiger charge is 2.68. The molecule has 0 amide bonds. The zero-order chi connectivity index (χ0) is 16.6. The molecule has 132 valence electrons. The van der Waals surface area contributed by atoms with Crippen LogP contribution < -0.4 is 0 Å². The normalized spacial score (nSPS) is 62.3. The van der Waals surface area contributed by atoms with E-state index in [1.807, 2.05) is 0 Å². The summed E-state index contributed by atoms with van der Waals surface area (Å²) in [5.41, 5.74) is -1.18. The van der Waals surface area contributed by atoms with Crippen molar-refractivity contribution in [3.05, 3.63) is 0 Å². The quantitative estimate of drug-likeness (QED) is 0.548. The molecule has 4 aliphatic carbocycles. The van der Waals surface area contributed by atoms with E-state index < -0.39 is 11.7 Å². The smallest absolute Gasteiger partial charge is 0.0736 e. The molecule has 0 spiro atoms. The third kappa shape index (κ3) is 1.92. The molecule has 0 bridgehead atoms. The standard InChI is InChI=1S/C19H32O4/c1-17-7-8-19(23)13(12(17)3-4-16(17)22)10-15(21)14-9-11(20)5-6-18(14,19)2/h11-16,20-23H,3-10H2,1-2H3/t11-,12-,13-,14?,15-,16-,17-,18-,19+/m0/s1. The van der Waals surface area contributed by atoms with E-state index in [4.69, 9.17) is 0 Å². The number of fused-ring (bicyclic) bond motifs is 5. The summed E-state index contributed by atoms with van der Waals surface area (Å²) in [6, 6.07) is 0. The Bertz CT molecular complexity index is 496. The van der Waals surface area contributed by atoms with Crippen LogP contribution in [0.3, 0.4) is 0 Å². The van der Waals surface area contributed by atoms with E-state index in [2.05, 4.69) is 13.8 Å². The summed E-state index contributed by atoms with van der Waals surface area (Å²) in [7, 11) is 0. The van der Waals surface area contributed by atoms with Gasteiger partial charge < -0.3 is 20.4 Å². The fourth-order valence-electron chi connectivity index (χ4n) is 7.17. The summed E-state index contributed by atoms with van der Waals surface area (Å²) in [5, 5.41) is 43.2. The fourth-order valence-corrected chi connectivity index (χ4v) is 7.17. The first-order chi connectivity index (χ1) is 10.7. The van der Waals surface area contributed by atoms with Gasteiger partial charge in [-0.15, -0.1) is 0 Å².